The molecule has 2 heterocycles. The minimum Gasteiger partial charge on any atom is -0.504 e. The van der Waals surface area contributed by atoms with E-state index < -0.39 is 0 Å². The summed E-state index contributed by atoms with van der Waals surface area (Å²) in [7, 11) is 1.65. The van der Waals surface area contributed by atoms with Crippen LogP contribution in [0.1, 0.15) is 55.1 Å². The van der Waals surface area contributed by atoms with E-state index in [1.54, 1.807) is 37.9 Å². The maximum absolute atomic E-state index is 13.4. The summed E-state index contributed by atoms with van der Waals surface area (Å²) in [6, 6.07) is 7.83. The maximum Gasteiger partial charge on any atom is 0.331 e. The number of likely N-dealkylation sites (tertiary alicyclic amines) is 1. The van der Waals surface area contributed by atoms with Gasteiger partial charge >= 0.3 is 5.69 Å². The van der Waals surface area contributed by atoms with Crippen LogP contribution in [0.3, 0.4) is 0 Å². The van der Waals surface area contributed by atoms with Crippen molar-refractivity contribution >= 4 is 28.4 Å². The van der Waals surface area contributed by atoms with Crippen molar-refractivity contribution < 1.29 is 19.4 Å². The molecule has 0 spiro atoms. The number of anilines is 1. The second-order valence-electron chi connectivity index (χ2n) is 9.26. The molecule has 2 N–H and O–H groups in total. The first kappa shape index (κ1) is 26.0. The number of phenols is 1. The molecule has 4 rings (SSSR count). The molecule has 3 aromatic rings. The van der Waals surface area contributed by atoms with Crippen molar-refractivity contribution in [2.45, 2.75) is 46.1 Å². The molecule has 2 aromatic carbocycles. The van der Waals surface area contributed by atoms with Gasteiger partial charge in [0.15, 0.2) is 11.5 Å². The zero-order valence-electron chi connectivity index (χ0n) is 21.5. The Morgan fingerprint density at radius 1 is 1.11 bits per heavy atom. The number of benzene rings is 2. The van der Waals surface area contributed by atoms with Crippen molar-refractivity contribution in [2.24, 2.45) is 7.05 Å². The minimum absolute atomic E-state index is 0.149. The van der Waals surface area contributed by atoms with Crippen LogP contribution in [0.25, 0.3) is 10.9 Å². The van der Waals surface area contributed by atoms with Gasteiger partial charge in [-0.3, -0.25) is 23.5 Å². The van der Waals surface area contributed by atoms with Crippen molar-refractivity contribution in [3.05, 3.63) is 62.3 Å². The van der Waals surface area contributed by atoms with Gasteiger partial charge < -0.3 is 20.1 Å². The normalized spacial score (nSPS) is 14.1. The van der Waals surface area contributed by atoms with Crippen LogP contribution in [-0.2, 0) is 11.8 Å². The van der Waals surface area contributed by atoms with E-state index in [9.17, 15) is 24.3 Å². The lowest BCUT2D eigenvalue weighted by Gasteiger charge is -2.33. The molecule has 196 valence electrons. The molecule has 0 bridgehead atoms. The van der Waals surface area contributed by atoms with E-state index in [-0.39, 0.29) is 58.3 Å². The SMILES string of the molecule is CCOc1cc(NC(=O)CC)c(C(=O)N2CCC(n3c(=O)c4cc(C)ccc4n(C)c3=O)CC2)cc1O. The van der Waals surface area contributed by atoms with Crippen LogP contribution < -0.4 is 21.3 Å². The number of nitrogens with one attached hydrogen (secondary N) is 1. The summed E-state index contributed by atoms with van der Waals surface area (Å²) in [4.78, 5) is 53.5. The highest BCUT2D eigenvalue weighted by atomic mass is 16.5. The van der Waals surface area contributed by atoms with Gasteiger partial charge in [0.2, 0.25) is 5.91 Å². The fraction of sp³-hybridized carbons (Fsp3) is 0.407. The van der Waals surface area contributed by atoms with E-state index >= 15 is 0 Å². The predicted molar refractivity (Wildman–Crippen MR) is 141 cm³/mol. The zero-order valence-corrected chi connectivity index (χ0v) is 21.5. The van der Waals surface area contributed by atoms with Crippen molar-refractivity contribution in [1.82, 2.24) is 14.0 Å². The summed E-state index contributed by atoms with van der Waals surface area (Å²) in [5.74, 6) is -0.665. The smallest absolute Gasteiger partial charge is 0.331 e. The third-order valence-electron chi connectivity index (χ3n) is 6.80. The number of amides is 2. The molecule has 2 amide bonds. The Bertz CT molecular complexity index is 1480. The molecule has 0 radical (unpaired) electrons. The Morgan fingerprint density at radius 3 is 2.46 bits per heavy atom. The van der Waals surface area contributed by atoms with E-state index in [0.717, 1.165) is 5.56 Å². The zero-order chi connectivity index (χ0) is 26.9. The van der Waals surface area contributed by atoms with Crippen LogP contribution in [0.15, 0.2) is 39.9 Å². The number of hydrogen-bond acceptors (Lipinski definition) is 6. The molecule has 1 aromatic heterocycles. The fourth-order valence-electron chi connectivity index (χ4n) is 4.77. The Morgan fingerprint density at radius 2 is 1.81 bits per heavy atom. The molecule has 0 atom stereocenters. The minimum atomic E-state index is -0.382. The number of aromatic hydroxyl groups is 1. The van der Waals surface area contributed by atoms with Crippen molar-refractivity contribution in [1.29, 1.82) is 0 Å². The number of carbonyl (C=O) groups excluding carboxylic acids is 2. The third kappa shape index (κ3) is 4.96. The number of aryl methyl sites for hydroxylation is 2. The van der Waals surface area contributed by atoms with Crippen LogP contribution in [0.4, 0.5) is 5.69 Å². The van der Waals surface area contributed by atoms with Gasteiger partial charge in [-0.05, 0) is 44.9 Å². The number of phenolic OH excluding ortho intramolecular Hbond substituents is 1. The Hall–Kier alpha value is -4.08. The van der Waals surface area contributed by atoms with Crippen molar-refractivity contribution in [3.8, 4) is 11.5 Å². The van der Waals surface area contributed by atoms with Crippen molar-refractivity contribution in [2.75, 3.05) is 25.0 Å². The summed E-state index contributed by atoms with van der Waals surface area (Å²) in [5, 5.41) is 13.6. The van der Waals surface area contributed by atoms with E-state index in [1.807, 2.05) is 13.0 Å². The summed E-state index contributed by atoms with van der Waals surface area (Å²) in [6.45, 7) is 6.28. The van der Waals surface area contributed by atoms with Crippen LogP contribution in [-0.4, -0.2) is 50.7 Å². The van der Waals surface area contributed by atoms with Crippen LogP contribution >= 0.6 is 0 Å². The number of fused-ring (bicyclic) bond motifs is 1. The Labute approximate surface area is 214 Å². The third-order valence-corrected chi connectivity index (χ3v) is 6.80. The van der Waals surface area contributed by atoms with Crippen LogP contribution in [0.5, 0.6) is 11.5 Å². The number of carbonyl (C=O) groups is 2. The summed E-state index contributed by atoms with van der Waals surface area (Å²) >= 11 is 0. The first-order valence-electron chi connectivity index (χ1n) is 12.5. The first-order chi connectivity index (χ1) is 17.7. The summed E-state index contributed by atoms with van der Waals surface area (Å²) in [6.07, 6.45) is 1.05. The number of aromatic nitrogens is 2. The topological polar surface area (TPSA) is 123 Å². The Balaban J connectivity index is 1.61. The first-order valence-corrected chi connectivity index (χ1v) is 12.5. The lowest BCUT2D eigenvalue weighted by atomic mass is 10.0. The van der Waals surface area contributed by atoms with Gasteiger partial charge in [0.1, 0.15) is 0 Å². The average Bonchev–Trinajstić information content (AvgIpc) is 2.89. The van der Waals surface area contributed by atoms with E-state index in [2.05, 4.69) is 5.32 Å². The second-order valence-corrected chi connectivity index (χ2v) is 9.26. The van der Waals surface area contributed by atoms with Gasteiger partial charge in [-0.2, -0.15) is 0 Å². The molecule has 0 aliphatic carbocycles. The molecule has 10 nitrogen and oxygen atoms in total. The molecule has 10 heteroatoms. The highest BCUT2D eigenvalue weighted by Crippen LogP contribution is 2.34. The van der Waals surface area contributed by atoms with E-state index in [4.69, 9.17) is 4.74 Å². The molecule has 37 heavy (non-hydrogen) atoms. The number of hydrogen-bond donors (Lipinski definition) is 2. The van der Waals surface area contributed by atoms with Crippen LogP contribution in [0, 0.1) is 6.92 Å². The van der Waals surface area contributed by atoms with Gasteiger partial charge in [-0.15, -0.1) is 0 Å². The van der Waals surface area contributed by atoms with Gasteiger partial charge in [-0.25, -0.2) is 4.79 Å². The highest BCUT2D eigenvalue weighted by Gasteiger charge is 2.29. The lowest BCUT2D eigenvalue weighted by molar-refractivity contribution is -0.115. The molecular weight excluding hydrogens is 476 g/mol. The van der Waals surface area contributed by atoms with Gasteiger partial charge in [0.25, 0.3) is 11.5 Å². The molecule has 1 saturated heterocycles. The monoisotopic (exact) mass is 508 g/mol. The quantitative estimate of drug-likeness (QED) is 0.494. The van der Waals surface area contributed by atoms with Crippen LogP contribution in [0.2, 0.25) is 0 Å². The molecule has 1 aliphatic heterocycles. The number of piperidine rings is 1. The molecular formula is C27H32N4O6. The van der Waals surface area contributed by atoms with Gasteiger partial charge in [-0.1, -0.05) is 18.6 Å². The molecule has 1 aliphatic rings. The maximum atomic E-state index is 13.4. The average molecular weight is 509 g/mol. The molecule has 0 unspecified atom stereocenters. The standard InChI is InChI=1S/C27H32N4O6/c1-5-24(33)28-20-15-23(37-6-2)22(32)14-18(20)25(34)30-11-9-17(10-12-30)31-26(35)19-13-16(3)7-8-21(19)29(4)27(31)36/h7-8,13-15,17,32H,5-6,9-12H2,1-4H3,(H,28,33). The fourth-order valence-corrected chi connectivity index (χ4v) is 4.77. The van der Waals surface area contributed by atoms with Gasteiger partial charge in [0.05, 0.1) is 28.8 Å². The number of nitrogens with zero attached hydrogens (tertiary/aromatic N) is 3. The predicted octanol–water partition coefficient (Wildman–Crippen LogP) is 2.94. The number of rotatable bonds is 6. The summed E-state index contributed by atoms with van der Waals surface area (Å²) in [5.41, 5.74) is 1.21. The van der Waals surface area contributed by atoms with Crippen molar-refractivity contribution in [3.63, 3.8) is 0 Å². The summed E-state index contributed by atoms with van der Waals surface area (Å²) < 4.78 is 8.21. The Kier molecular flexibility index (Phi) is 7.37. The molecule has 1 fully saturated rings. The molecule has 0 saturated carbocycles. The van der Waals surface area contributed by atoms with Gasteiger partial charge in [0, 0.05) is 38.7 Å². The highest BCUT2D eigenvalue weighted by molar-refractivity contribution is 6.04. The number of ether oxygens (including phenoxy) is 1. The lowest BCUT2D eigenvalue weighted by Crippen LogP contribution is -2.46. The largest absolute Gasteiger partial charge is 0.504 e. The van der Waals surface area contributed by atoms with E-state index in [1.165, 1.54) is 21.3 Å². The second kappa shape index (κ2) is 10.5. The van der Waals surface area contributed by atoms with E-state index in [0.29, 0.717) is 43.4 Å².